The lowest BCUT2D eigenvalue weighted by Crippen LogP contribution is -2.36. The Balaban J connectivity index is 1.95. The maximum absolute atomic E-state index is 12.6. The molecule has 168 valence electrons. The summed E-state index contributed by atoms with van der Waals surface area (Å²) in [6.45, 7) is 5.04. The number of aryl methyl sites for hydroxylation is 1. The SMILES string of the molecule is CCN(CC)C(=O)c1ccc(CNC(=NC)NCc2cc(C)ccc2OC(F)F)cc1. The smallest absolute Gasteiger partial charge is 0.387 e. The topological polar surface area (TPSA) is 66.0 Å². The number of alkyl halides is 2. The summed E-state index contributed by atoms with van der Waals surface area (Å²) in [4.78, 5) is 18.3. The van der Waals surface area contributed by atoms with Crippen molar-refractivity contribution >= 4 is 11.9 Å². The second-order valence-corrected chi connectivity index (χ2v) is 6.94. The summed E-state index contributed by atoms with van der Waals surface area (Å²) in [6, 6.07) is 12.5. The van der Waals surface area contributed by atoms with Crippen LogP contribution in [0.2, 0.25) is 0 Å². The summed E-state index contributed by atoms with van der Waals surface area (Å²) >= 11 is 0. The number of benzene rings is 2. The van der Waals surface area contributed by atoms with E-state index in [1.807, 2.05) is 45.0 Å². The number of hydrogen-bond acceptors (Lipinski definition) is 3. The highest BCUT2D eigenvalue weighted by Crippen LogP contribution is 2.22. The number of ether oxygens (including phenoxy) is 1. The molecule has 6 nitrogen and oxygen atoms in total. The Hall–Kier alpha value is -3.16. The number of carbonyl (C=O) groups is 1. The lowest BCUT2D eigenvalue weighted by Gasteiger charge is -2.18. The third kappa shape index (κ3) is 7.24. The van der Waals surface area contributed by atoms with Gasteiger partial charge >= 0.3 is 6.61 Å². The van der Waals surface area contributed by atoms with Crippen molar-refractivity contribution in [1.82, 2.24) is 15.5 Å². The first-order chi connectivity index (χ1) is 14.9. The molecule has 31 heavy (non-hydrogen) atoms. The van der Waals surface area contributed by atoms with E-state index in [2.05, 4.69) is 20.4 Å². The van der Waals surface area contributed by atoms with Crippen LogP contribution in [0.1, 0.15) is 40.9 Å². The lowest BCUT2D eigenvalue weighted by molar-refractivity contribution is -0.0504. The van der Waals surface area contributed by atoms with Crippen LogP contribution in [-0.2, 0) is 13.1 Å². The predicted molar refractivity (Wildman–Crippen MR) is 119 cm³/mol. The standard InChI is InChI=1S/C23H30F2N4O2/c1-5-29(6-2)21(30)18-10-8-17(9-11-18)14-27-23(26-4)28-15-19-13-16(3)7-12-20(19)31-22(24)25/h7-13,22H,5-6,14-15H2,1-4H3,(H2,26,27,28). The predicted octanol–water partition coefficient (Wildman–Crippen LogP) is 3.94. The average Bonchev–Trinajstić information content (AvgIpc) is 2.76. The van der Waals surface area contributed by atoms with Crippen molar-refractivity contribution in [2.45, 2.75) is 40.5 Å². The molecule has 0 bridgehead atoms. The van der Waals surface area contributed by atoms with Crippen molar-refractivity contribution in [3.63, 3.8) is 0 Å². The number of rotatable bonds is 9. The molecule has 2 N–H and O–H groups in total. The number of halogens is 2. The van der Waals surface area contributed by atoms with E-state index < -0.39 is 6.61 Å². The third-order valence-electron chi connectivity index (χ3n) is 4.81. The fraction of sp³-hybridized carbons (Fsp3) is 0.391. The van der Waals surface area contributed by atoms with Gasteiger partial charge in [-0.2, -0.15) is 8.78 Å². The number of nitrogens with one attached hydrogen (secondary N) is 2. The van der Waals surface area contributed by atoms with Gasteiger partial charge in [-0.3, -0.25) is 9.79 Å². The molecule has 0 unspecified atom stereocenters. The number of aliphatic imine (C=N–C) groups is 1. The fourth-order valence-corrected chi connectivity index (χ4v) is 3.10. The minimum Gasteiger partial charge on any atom is -0.434 e. The molecule has 8 heteroatoms. The van der Waals surface area contributed by atoms with Gasteiger partial charge in [0.1, 0.15) is 5.75 Å². The third-order valence-corrected chi connectivity index (χ3v) is 4.81. The van der Waals surface area contributed by atoms with E-state index >= 15 is 0 Å². The second-order valence-electron chi connectivity index (χ2n) is 6.94. The van der Waals surface area contributed by atoms with Crippen molar-refractivity contribution in [1.29, 1.82) is 0 Å². The summed E-state index contributed by atoms with van der Waals surface area (Å²) in [5.74, 6) is 0.673. The van der Waals surface area contributed by atoms with Crippen LogP contribution in [-0.4, -0.2) is 43.5 Å². The van der Waals surface area contributed by atoms with E-state index in [0.29, 0.717) is 36.7 Å². The van der Waals surface area contributed by atoms with Crippen molar-refractivity contribution in [3.8, 4) is 5.75 Å². The molecule has 0 saturated carbocycles. The van der Waals surface area contributed by atoms with Crippen LogP contribution < -0.4 is 15.4 Å². The molecule has 2 rings (SSSR count). The largest absolute Gasteiger partial charge is 0.434 e. The van der Waals surface area contributed by atoms with Gasteiger partial charge in [-0.05, 0) is 44.5 Å². The van der Waals surface area contributed by atoms with E-state index in [1.165, 1.54) is 6.07 Å². The van der Waals surface area contributed by atoms with Gasteiger partial charge in [0.2, 0.25) is 0 Å². The average molecular weight is 433 g/mol. The van der Waals surface area contributed by atoms with E-state index in [0.717, 1.165) is 11.1 Å². The van der Waals surface area contributed by atoms with Gasteiger partial charge in [0.25, 0.3) is 5.91 Å². The molecule has 0 atom stereocenters. The van der Waals surface area contributed by atoms with Gasteiger partial charge in [0, 0.05) is 44.4 Å². The zero-order chi connectivity index (χ0) is 22.8. The van der Waals surface area contributed by atoms with Crippen LogP contribution in [0.15, 0.2) is 47.5 Å². The molecule has 0 saturated heterocycles. The molecular weight excluding hydrogens is 402 g/mol. The first kappa shape index (κ1) is 24.1. The molecule has 0 aliphatic rings. The number of amides is 1. The van der Waals surface area contributed by atoms with Crippen LogP contribution in [0.25, 0.3) is 0 Å². The Morgan fingerprint density at radius 1 is 1.06 bits per heavy atom. The lowest BCUT2D eigenvalue weighted by atomic mass is 10.1. The van der Waals surface area contributed by atoms with Crippen molar-refractivity contribution < 1.29 is 18.3 Å². The Kier molecular flexibility index (Phi) is 9.24. The van der Waals surface area contributed by atoms with Gasteiger partial charge in [-0.25, -0.2) is 0 Å². The van der Waals surface area contributed by atoms with Crippen LogP contribution in [0.5, 0.6) is 5.75 Å². The maximum Gasteiger partial charge on any atom is 0.387 e. The zero-order valence-corrected chi connectivity index (χ0v) is 18.4. The van der Waals surface area contributed by atoms with Crippen molar-refractivity contribution in [3.05, 3.63) is 64.7 Å². The summed E-state index contributed by atoms with van der Waals surface area (Å²) < 4.78 is 29.9. The highest BCUT2D eigenvalue weighted by atomic mass is 19.3. The molecule has 0 radical (unpaired) electrons. The molecule has 2 aromatic carbocycles. The minimum absolute atomic E-state index is 0.0157. The summed E-state index contributed by atoms with van der Waals surface area (Å²) in [5, 5.41) is 6.29. The minimum atomic E-state index is -2.88. The van der Waals surface area contributed by atoms with E-state index in [4.69, 9.17) is 0 Å². The van der Waals surface area contributed by atoms with Crippen molar-refractivity contribution in [2.75, 3.05) is 20.1 Å². The van der Waals surface area contributed by atoms with Gasteiger partial charge in [-0.1, -0.05) is 29.8 Å². The fourth-order valence-electron chi connectivity index (χ4n) is 3.10. The van der Waals surface area contributed by atoms with Gasteiger partial charge in [0.05, 0.1) is 0 Å². The zero-order valence-electron chi connectivity index (χ0n) is 18.4. The quantitative estimate of drug-likeness (QED) is 0.465. The van der Waals surface area contributed by atoms with Gasteiger partial charge in [0.15, 0.2) is 5.96 Å². The molecule has 0 fully saturated rings. The summed E-state index contributed by atoms with van der Waals surface area (Å²) in [7, 11) is 1.63. The molecular formula is C23H30F2N4O2. The molecule has 0 aliphatic carbocycles. The Morgan fingerprint density at radius 2 is 1.71 bits per heavy atom. The molecule has 1 amide bonds. The molecule has 0 aliphatic heterocycles. The highest BCUT2D eigenvalue weighted by Gasteiger charge is 2.12. The molecule has 2 aromatic rings. The van der Waals surface area contributed by atoms with E-state index in [1.54, 1.807) is 24.1 Å². The van der Waals surface area contributed by atoms with Gasteiger partial charge < -0.3 is 20.3 Å². The number of guanidine groups is 1. The maximum atomic E-state index is 12.6. The van der Waals surface area contributed by atoms with Gasteiger partial charge in [-0.15, -0.1) is 0 Å². The Morgan fingerprint density at radius 3 is 2.29 bits per heavy atom. The number of carbonyl (C=O) groups excluding carboxylic acids is 1. The Bertz CT molecular complexity index is 882. The van der Waals surface area contributed by atoms with E-state index in [9.17, 15) is 13.6 Å². The molecule has 0 aromatic heterocycles. The molecule has 0 heterocycles. The highest BCUT2D eigenvalue weighted by molar-refractivity contribution is 5.94. The van der Waals surface area contributed by atoms with E-state index in [-0.39, 0.29) is 18.2 Å². The van der Waals surface area contributed by atoms with Crippen LogP contribution in [0.3, 0.4) is 0 Å². The Labute approximate surface area is 182 Å². The number of nitrogens with zero attached hydrogens (tertiary/aromatic N) is 2. The first-order valence-corrected chi connectivity index (χ1v) is 10.2. The monoisotopic (exact) mass is 432 g/mol. The first-order valence-electron chi connectivity index (χ1n) is 10.2. The van der Waals surface area contributed by atoms with Crippen LogP contribution >= 0.6 is 0 Å². The normalized spacial score (nSPS) is 11.4. The molecule has 0 spiro atoms. The van der Waals surface area contributed by atoms with Crippen molar-refractivity contribution in [2.24, 2.45) is 4.99 Å². The summed E-state index contributed by atoms with van der Waals surface area (Å²) in [6.07, 6.45) is 0. The van der Waals surface area contributed by atoms with Crippen LogP contribution in [0, 0.1) is 6.92 Å². The second kappa shape index (κ2) is 11.9. The van der Waals surface area contributed by atoms with Crippen LogP contribution in [0.4, 0.5) is 8.78 Å². The number of hydrogen-bond donors (Lipinski definition) is 2. The summed E-state index contributed by atoms with van der Waals surface area (Å²) in [5.41, 5.74) is 3.19.